The second-order valence-electron chi connectivity index (χ2n) is 11.5. The van der Waals surface area contributed by atoms with Crippen molar-refractivity contribution in [2.45, 2.75) is 103 Å². The summed E-state index contributed by atoms with van der Waals surface area (Å²) in [6.45, 7) is 4.81. The van der Waals surface area contributed by atoms with E-state index in [1.54, 1.807) is 4.90 Å². The number of primary amides is 1. The summed E-state index contributed by atoms with van der Waals surface area (Å²) in [6.07, 6.45) is 12.9. The molecule has 6 nitrogen and oxygen atoms in total. The molecule has 31 heavy (non-hydrogen) atoms. The number of rotatable bonds is 8. The molecule has 4 aliphatic rings. The zero-order chi connectivity index (χ0) is 22.2. The molecule has 0 aromatic rings. The van der Waals surface area contributed by atoms with Crippen molar-refractivity contribution in [1.82, 2.24) is 10.2 Å². The van der Waals surface area contributed by atoms with Crippen molar-refractivity contribution in [2.24, 2.45) is 34.8 Å². The third-order valence-corrected chi connectivity index (χ3v) is 8.51. The van der Waals surface area contributed by atoms with E-state index in [0.29, 0.717) is 30.7 Å². The summed E-state index contributed by atoms with van der Waals surface area (Å²) >= 11 is 0. The zero-order valence-electron chi connectivity index (χ0n) is 19.4. The van der Waals surface area contributed by atoms with Crippen LogP contribution in [0.5, 0.6) is 0 Å². The lowest BCUT2D eigenvalue weighted by Crippen LogP contribution is -2.59. The maximum absolute atomic E-state index is 13.9. The minimum absolute atomic E-state index is 0.0101. The molecule has 0 radical (unpaired) electrons. The molecule has 4 atom stereocenters. The average molecular weight is 432 g/mol. The number of carbonyl (C=O) groups is 3. The molecule has 0 spiro atoms. The molecule has 0 bridgehead atoms. The fraction of sp³-hybridized carbons (Fsp3) is 0.880. The van der Waals surface area contributed by atoms with Crippen molar-refractivity contribution in [3.8, 4) is 0 Å². The van der Waals surface area contributed by atoms with E-state index in [1.807, 2.05) is 0 Å². The molecule has 1 aliphatic heterocycles. The summed E-state index contributed by atoms with van der Waals surface area (Å²) in [5, 5.41) is 3.16. The topological polar surface area (TPSA) is 92.5 Å². The summed E-state index contributed by atoms with van der Waals surface area (Å²) in [5.41, 5.74) is 5.44. The predicted molar refractivity (Wildman–Crippen MR) is 120 cm³/mol. The SMILES string of the molecule is CC(C)(CC1CC1)[C@H](NC(=O)CC1CCCCC1)C(=O)N1CC2CCCC2[C@H]1C(N)=O. The molecular formula is C25H41N3O3. The molecule has 0 aromatic heterocycles. The Bertz CT molecular complexity index is 696. The molecule has 3 aliphatic carbocycles. The maximum Gasteiger partial charge on any atom is 0.246 e. The average Bonchev–Trinajstić information content (AvgIpc) is 3.25. The van der Waals surface area contributed by atoms with Crippen molar-refractivity contribution in [3.05, 3.63) is 0 Å². The first-order valence-corrected chi connectivity index (χ1v) is 12.7. The lowest BCUT2D eigenvalue weighted by atomic mass is 9.78. The summed E-state index contributed by atoms with van der Waals surface area (Å²) in [5.74, 6) is 1.13. The fourth-order valence-electron chi connectivity index (χ4n) is 6.71. The quantitative estimate of drug-likeness (QED) is 0.617. The van der Waals surface area contributed by atoms with E-state index in [4.69, 9.17) is 5.73 Å². The van der Waals surface area contributed by atoms with Crippen LogP contribution >= 0.6 is 0 Å². The highest BCUT2D eigenvalue weighted by Gasteiger charge is 2.52. The fourth-order valence-corrected chi connectivity index (χ4v) is 6.71. The molecule has 174 valence electrons. The van der Waals surface area contributed by atoms with Crippen molar-refractivity contribution in [3.63, 3.8) is 0 Å². The Labute approximate surface area is 187 Å². The molecular weight excluding hydrogens is 390 g/mol. The Morgan fingerprint density at radius 2 is 1.68 bits per heavy atom. The molecule has 3 amide bonds. The first kappa shape index (κ1) is 22.6. The van der Waals surface area contributed by atoms with E-state index in [2.05, 4.69) is 19.2 Å². The maximum atomic E-state index is 13.9. The zero-order valence-corrected chi connectivity index (χ0v) is 19.4. The van der Waals surface area contributed by atoms with Crippen molar-refractivity contribution in [2.75, 3.05) is 6.54 Å². The number of hydrogen-bond acceptors (Lipinski definition) is 3. The summed E-state index contributed by atoms with van der Waals surface area (Å²) < 4.78 is 0. The number of amides is 3. The van der Waals surface area contributed by atoms with Gasteiger partial charge in [0.15, 0.2) is 0 Å². The van der Waals surface area contributed by atoms with Gasteiger partial charge in [-0.05, 0) is 61.2 Å². The van der Waals surface area contributed by atoms with Crippen LogP contribution in [0.15, 0.2) is 0 Å². The molecule has 2 unspecified atom stereocenters. The van der Waals surface area contributed by atoms with Crippen LogP contribution in [0.2, 0.25) is 0 Å². The molecule has 4 rings (SSSR count). The smallest absolute Gasteiger partial charge is 0.246 e. The Kier molecular flexibility index (Phi) is 6.64. The number of fused-ring (bicyclic) bond motifs is 1. The minimum Gasteiger partial charge on any atom is -0.368 e. The van der Waals surface area contributed by atoms with Crippen molar-refractivity contribution >= 4 is 17.7 Å². The van der Waals surface area contributed by atoms with Crippen LogP contribution in [-0.2, 0) is 14.4 Å². The van der Waals surface area contributed by atoms with Gasteiger partial charge in [0.05, 0.1) is 0 Å². The summed E-state index contributed by atoms with van der Waals surface area (Å²) in [7, 11) is 0. The molecule has 3 saturated carbocycles. The first-order chi connectivity index (χ1) is 14.8. The summed E-state index contributed by atoms with van der Waals surface area (Å²) in [6, 6.07) is -1.11. The lowest BCUT2D eigenvalue weighted by Gasteiger charge is -2.38. The van der Waals surface area contributed by atoms with Gasteiger partial charge in [0.25, 0.3) is 0 Å². The highest BCUT2D eigenvalue weighted by Crippen LogP contribution is 2.45. The monoisotopic (exact) mass is 431 g/mol. The normalized spacial score (nSPS) is 30.1. The number of nitrogens with one attached hydrogen (secondary N) is 1. The Morgan fingerprint density at radius 1 is 0.968 bits per heavy atom. The van der Waals surface area contributed by atoms with Crippen LogP contribution in [0.4, 0.5) is 0 Å². The van der Waals surface area contributed by atoms with E-state index < -0.39 is 18.0 Å². The Hall–Kier alpha value is -1.59. The number of hydrogen-bond donors (Lipinski definition) is 2. The van der Waals surface area contributed by atoms with E-state index in [-0.39, 0.29) is 23.1 Å². The molecule has 3 N–H and O–H groups in total. The number of carbonyl (C=O) groups excluding carboxylic acids is 3. The van der Waals surface area contributed by atoms with Gasteiger partial charge in [0.1, 0.15) is 12.1 Å². The second-order valence-corrected chi connectivity index (χ2v) is 11.5. The minimum atomic E-state index is -0.593. The first-order valence-electron chi connectivity index (χ1n) is 12.7. The standard InChI is InChI=1S/C25H41N3O3/c1-25(2,14-17-11-12-17)22(27-20(29)13-16-7-4-3-5-8-16)24(31)28-15-18-9-6-10-19(18)21(28)23(26)30/h16-19,21-22H,3-15H2,1-2H3,(H2,26,30)(H,27,29)/t18?,19?,21-,22+/m0/s1. The van der Waals surface area contributed by atoms with E-state index in [1.165, 1.54) is 32.1 Å². The van der Waals surface area contributed by atoms with Gasteiger partial charge >= 0.3 is 0 Å². The van der Waals surface area contributed by atoms with E-state index in [9.17, 15) is 14.4 Å². The third kappa shape index (κ3) is 5.09. The summed E-state index contributed by atoms with van der Waals surface area (Å²) in [4.78, 5) is 41.0. The van der Waals surface area contributed by atoms with Gasteiger partial charge in [-0.25, -0.2) is 0 Å². The van der Waals surface area contributed by atoms with Gasteiger partial charge in [-0.15, -0.1) is 0 Å². The van der Waals surface area contributed by atoms with Crippen LogP contribution < -0.4 is 11.1 Å². The number of nitrogens with two attached hydrogens (primary N) is 1. The van der Waals surface area contributed by atoms with Crippen LogP contribution in [-0.4, -0.2) is 41.2 Å². The van der Waals surface area contributed by atoms with Gasteiger partial charge in [0, 0.05) is 13.0 Å². The molecule has 6 heteroatoms. The van der Waals surface area contributed by atoms with Crippen LogP contribution in [0.1, 0.15) is 90.9 Å². The van der Waals surface area contributed by atoms with Gasteiger partial charge in [0.2, 0.25) is 17.7 Å². The van der Waals surface area contributed by atoms with Gasteiger partial charge in [-0.1, -0.05) is 52.4 Å². The van der Waals surface area contributed by atoms with Crippen molar-refractivity contribution < 1.29 is 14.4 Å². The van der Waals surface area contributed by atoms with Crippen LogP contribution in [0, 0.1) is 29.1 Å². The largest absolute Gasteiger partial charge is 0.368 e. The van der Waals surface area contributed by atoms with Gasteiger partial charge < -0.3 is 16.0 Å². The highest BCUT2D eigenvalue weighted by molar-refractivity contribution is 5.93. The Balaban J connectivity index is 1.50. The molecule has 4 fully saturated rings. The number of nitrogens with zero attached hydrogens (tertiary/aromatic N) is 1. The van der Waals surface area contributed by atoms with Crippen LogP contribution in [0.3, 0.4) is 0 Å². The van der Waals surface area contributed by atoms with E-state index >= 15 is 0 Å². The highest BCUT2D eigenvalue weighted by atomic mass is 16.2. The molecule has 1 saturated heterocycles. The lowest BCUT2D eigenvalue weighted by molar-refractivity contribution is -0.144. The van der Waals surface area contributed by atoms with E-state index in [0.717, 1.165) is 38.5 Å². The van der Waals surface area contributed by atoms with Gasteiger partial charge in [-0.2, -0.15) is 0 Å². The molecule has 0 aromatic carbocycles. The van der Waals surface area contributed by atoms with Crippen LogP contribution in [0.25, 0.3) is 0 Å². The predicted octanol–water partition coefficient (Wildman–Crippen LogP) is 3.38. The van der Waals surface area contributed by atoms with Crippen molar-refractivity contribution in [1.29, 1.82) is 0 Å². The van der Waals surface area contributed by atoms with Gasteiger partial charge in [-0.3, -0.25) is 14.4 Å². The Morgan fingerprint density at radius 3 is 2.32 bits per heavy atom. The second kappa shape index (κ2) is 9.11. The molecule has 1 heterocycles. The third-order valence-electron chi connectivity index (χ3n) is 8.51. The number of likely N-dealkylation sites (tertiary alicyclic amines) is 1.